The van der Waals surface area contributed by atoms with Gasteiger partial charge in [-0.2, -0.15) is 0 Å². The zero-order valence-electron chi connectivity index (χ0n) is 10.5. The van der Waals surface area contributed by atoms with E-state index in [-0.39, 0.29) is 0 Å². The maximum Gasteiger partial charge on any atom is 0.336 e. The van der Waals surface area contributed by atoms with Crippen LogP contribution in [0, 0.1) is 0 Å². The summed E-state index contributed by atoms with van der Waals surface area (Å²) < 4.78 is 0. The SMILES string of the molecule is CCCCCC(C)NCc1cc(C(=O)O)cs1. The lowest BCUT2D eigenvalue weighted by Crippen LogP contribution is -2.24. The van der Waals surface area contributed by atoms with Crippen LogP contribution in [0.4, 0.5) is 0 Å². The van der Waals surface area contributed by atoms with Crippen LogP contribution in [0.2, 0.25) is 0 Å². The van der Waals surface area contributed by atoms with Crippen molar-refractivity contribution in [3.8, 4) is 0 Å². The van der Waals surface area contributed by atoms with Gasteiger partial charge in [0.05, 0.1) is 5.56 Å². The lowest BCUT2D eigenvalue weighted by Gasteiger charge is -2.12. The lowest BCUT2D eigenvalue weighted by atomic mass is 10.1. The van der Waals surface area contributed by atoms with E-state index < -0.39 is 5.97 Å². The second-order valence-electron chi connectivity index (χ2n) is 4.38. The van der Waals surface area contributed by atoms with E-state index in [0.29, 0.717) is 11.6 Å². The summed E-state index contributed by atoms with van der Waals surface area (Å²) in [6, 6.07) is 2.25. The van der Waals surface area contributed by atoms with E-state index in [0.717, 1.165) is 11.4 Å². The largest absolute Gasteiger partial charge is 0.478 e. The van der Waals surface area contributed by atoms with Crippen LogP contribution in [-0.2, 0) is 6.54 Å². The standard InChI is InChI=1S/C13H21NO2S/c1-3-4-5-6-10(2)14-8-12-7-11(9-17-12)13(15)16/h7,9-10,14H,3-6,8H2,1-2H3,(H,15,16). The third kappa shape index (κ3) is 5.33. The van der Waals surface area contributed by atoms with Gasteiger partial charge in [-0.1, -0.05) is 26.2 Å². The van der Waals surface area contributed by atoms with Crippen molar-refractivity contribution in [1.29, 1.82) is 0 Å². The molecule has 0 aliphatic heterocycles. The van der Waals surface area contributed by atoms with Gasteiger partial charge in [0, 0.05) is 22.8 Å². The van der Waals surface area contributed by atoms with Crippen LogP contribution in [0.15, 0.2) is 11.4 Å². The average molecular weight is 255 g/mol. The van der Waals surface area contributed by atoms with Gasteiger partial charge in [0.25, 0.3) is 0 Å². The number of hydrogen-bond donors (Lipinski definition) is 2. The maximum absolute atomic E-state index is 10.7. The normalized spacial score (nSPS) is 12.6. The number of hydrogen-bond acceptors (Lipinski definition) is 3. The molecule has 1 unspecified atom stereocenters. The number of carboxylic acid groups (broad SMARTS) is 1. The Morgan fingerprint density at radius 1 is 1.53 bits per heavy atom. The number of aromatic carboxylic acids is 1. The molecule has 0 fully saturated rings. The third-order valence-corrected chi connectivity index (χ3v) is 3.70. The minimum absolute atomic E-state index is 0.394. The highest BCUT2D eigenvalue weighted by Crippen LogP contribution is 2.15. The monoisotopic (exact) mass is 255 g/mol. The summed E-state index contributed by atoms with van der Waals surface area (Å²) in [5.41, 5.74) is 0.394. The minimum atomic E-state index is -0.844. The van der Waals surface area contributed by atoms with Crippen molar-refractivity contribution in [3.05, 3.63) is 21.9 Å². The molecule has 0 saturated carbocycles. The van der Waals surface area contributed by atoms with E-state index in [1.165, 1.54) is 37.0 Å². The van der Waals surface area contributed by atoms with Gasteiger partial charge in [-0.05, 0) is 19.4 Å². The summed E-state index contributed by atoms with van der Waals surface area (Å²) >= 11 is 1.50. The summed E-state index contributed by atoms with van der Waals surface area (Å²) in [5.74, 6) is -0.844. The fourth-order valence-electron chi connectivity index (χ4n) is 1.66. The highest BCUT2D eigenvalue weighted by molar-refractivity contribution is 7.10. The Bertz CT molecular complexity index is 349. The number of carbonyl (C=O) groups is 1. The van der Waals surface area contributed by atoms with Crippen LogP contribution in [-0.4, -0.2) is 17.1 Å². The molecule has 17 heavy (non-hydrogen) atoms. The second-order valence-corrected chi connectivity index (χ2v) is 5.38. The summed E-state index contributed by atoms with van der Waals surface area (Å²) in [7, 11) is 0. The predicted octanol–water partition coefficient (Wildman–Crippen LogP) is 3.50. The van der Waals surface area contributed by atoms with Crippen molar-refractivity contribution in [2.24, 2.45) is 0 Å². The van der Waals surface area contributed by atoms with Gasteiger partial charge >= 0.3 is 5.97 Å². The Labute approximate surface area is 107 Å². The fraction of sp³-hybridized carbons (Fsp3) is 0.615. The number of thiophene rings is 1. The number of carboxylic acids is 1. The van der Waals surface area contributed by atoms with Crippen molar-refractivity contribution in [2.45, 2.75) is 52.1 Å². The van der Waals surface area contributed by atoms with Gasteiger partial charge in [0.15, 0.2) is 0 Å². The highest BCUT2D eigenvalue weighted by atomic mass is 32.1. The number of nitrogens with one attached hydrogen (secondary N) is 1. The first-order valence-electron chi connectivity index (χ1n) is 6.17. The minimum Gasteiger partial charge on any atom is -0.478 e. The molecule has 1 aromatic heterocycles. The zero-order chi connectivity index (χ0) is 12.7. The lowest BCUT2D eigenvalue weighted by molar-refractivity contribution is 0.0697. The molecule has 0 aliphatic carbocycles. The van der Waals surface area contributed by atoms with Crippen LogP contribution < -0.4 is 5.32 Å². The summed E-state index contributed by atoms with van der Waals surface area (Å²) in [5, 5.41) is 13.9. The molecule has 0 aromatic carbocycles. The molecule has 0 saturated heterocycles. The van der Waals surface area contributed by atoms with E-state index in [4.69, 9.17) is 5.11 Å². The van der Waals surface area contributed by atoms with Crippen LogP contribution in [0.25, 0.3) is 0 Å². The molecule has 3 nitrogen and oxygen atoms in total. The Morgan fingerprint density at radius 3 is 2.88 bits per heavy atom. The maximum atomic E-state index is 10.7. The third-order valence-electron chi connectivity index (χ3n) is 2.77. The molecule has 0 amide bonds. The van der Waals surface area contributed by atoms with E-state index in [1.807, 2.05) is 0 Å². The van der Waals surface area contributed by atoms with Crippen LogP contribution in [0.5, 0.6) is 0 Å². The summed E-state index contributed by atoms with van der Waals surface area (Å²) in [4.78, 5) is 11.8. The number of unbranched alkanes of at least 4 members (excludes halogenated alkanes) is 2. The first-order valence-corrected chi connectivity index (χ1v) is 7.05. The van der Waals surface area contributed by atoms with Gasteiger partial charge in [-0.3, -0.25) is 0 Å². The van der Waals surface area contributed by atoms with Crippen molar-refractivity contribution in [2.75, 3.05) is 0 Å². The summed E-state index contributed by atoms with van der Waals surface area (Å²) in [6.07, 6.45) is 4.98. The Kier molecular flexibility index (Phi) is 6.22. The van der Waals surface area contributed by atoms with Crippen molar-refractivity contribution >= 4 is 17.3 Å². The molecule has 0 spiro atoms. The van der Waals surface area contributed by atoms with Gasteiger partial charge in [-0.25, -0.2) is 4.79 Å². The molecule has 0 bridgehead atoms. The number of rotatable bonds is 8. The summed E-state index contributed by atoms with van der Waals surface area (Å²) in [6.45, 7) is 5.16. The Morgan fingerprint density at radius 2 is 2.29 bits per heavy atom. The quantitative estimate of drug-likeness (QED) is 0.699. The van der Waals surface area contributed by atoms with Crippen molar-refractivity contribution in [1.82, 2.24) is 5.32 Å². The smallest absolute Gasteiger partial charge is 0.336 e. The first-order chi connectivity index (χ1) is 8.13. The zero-order valence-corrected chi connectivity index (χ0v) is 11.3. The van der Waals surface area contributed by atoms with E-state index in [2.05, 4.69) is 19.2 Å². The van der Waals surface area contributed by atoms with Crippen LogP contribution in [0.3, 0.4) is 0 Å². The highest BCUT2D eigenvalue weighted by Gasteiger charge is 2.07. The molecule has 0 radical (unpaired) electrons. The molecule has 0 aliphatic rings. The van der Waals surface area contributed by atoms with Gasteiger partial charge < -0.3 is 10.4 Å². The molecule has 4 heteroatoms. The van der Waals surface area contributed by atoms with Gasteiger partial charge in [-0.15, -0.1) is 11.3 Å². The van der Waals surface area contributed by atoms with Crippen molar-refractivity contribution in [3.63, 3.8) is 0 Å². The molecule has 1 rings (SSSR count). The average Bonchev–Trinajstić information content (AvgIpc) is 2.75. The topological polar surface area (TPSA) is 49.3 Å². The van der Waals surface area contributed by atoms with Gasteiger partial charge in [0.2, 0.25) is 0 Å². The molecule has 96 valence electrons. The molecule has 1 atom stereocenters. The molecule has 2 N–H and O–H groups in total. The Hall–Kier alpha value is -0.870. The predicted molar refractivity (Wildman–Crippen MR) is 71.7 cm³/mol. The second kappa shape index (κ2) is 7.45. The van der Waals surface area contributed by atoms with E-state index >= 15 is 0 Å². The van der Waals surface area contributed by atoms with Crippen molar-refractivity contribution < 1.29 is 9.90 Å². The molecular formula is C13H21NO2S. The van der Waals surface area contributed by atoms with E-state index in [9.17, 15) is 4.79 Å². The Balaban J connectivity index is 2.26. The van der Waals surface area contributed by atoms with Crippen LogP contribution in [0.1, 0.15) is 54.8 Å². The molecule has 1 heterocycles. The molecule has 1 aromatic rings. The first kappa shape index (κ1) is 14.2. The van der Waals surface area contributed by atoms with Crippen LogP contribution >= 0.6 is 11.3 Å². The van der Waals surface area contributed by atoms with E-state index in [1.54, 1.807) is 11.4 Å². The molecular weight excluding hydrogens is 234 g/mol. The van der Waals surface area contributed by atoms with Gasteiger partial charge in [0.1, 0.15) is 0 Å². The fourth-order valence-corrected chi connectivity index (χ4v) is 2.47.